The van der Waals surface area contributed by atoms with E-state index >= 15 is 0 Å². The number of hydrogen-bond acceptors (Lipinski definition) is 5. The van der Waals surface area contributed by atoms with Crippen molar-refractivity contribution in [3.8, 4) is 11.5 Å². The van der Waals surface area contributed by atoms with E-state index in [4.69, 9.17) is 9.47 Å². The predicted octanol–water partition coefficient (Wildman–Crippen LogP) is 4.58. The number of amides is 2. The second-order valence-corrected chi connectivity index (χ2v) is 10.4. The summed E-state index contributed by atoms with van der Waals surface area (Å²) in [6.07, 6.45) is 5.47. The molecule has 180 valence electrons. The molecule has 3 aromatic rings. The van der Waals surface area contributed by atoms with E-state index in [1.807, 2.05) is 47.2 Å². The number of hydrogen-bond donors (Lipinski definition) is 1. The Kier molecular flexibility index (Phi) is 6.02. The van der Waals surface area contributed by atoms with Gasteiger partial charge in [-0.05, 0) is 55.0 Å². The van der Waals surface area contributed by atoms with Crippen LogP contribution in [-0.2, 0) is 17.9 Å². The highest BCUT2D eigenvalue weighted by Crippen LogP contribution is 2.37. The van der Waals surface area contributed by atoms with Gasteiger partial charge in [0.25, 0.3) is 5.91 Å². The Hall–Kier alpha value is -3.00. The van der Waals surface area contributed by atoms with Crippen molar-refractivity contribution >= 4 is 33.4 Å². The first-order valence-electron chi connectivity index (χ1n) is 11.8. The third-order valence-electron chi connectivity index (χ3n) is 7.25. The predicted molar refractivity (Wildman–Crippen MR) is 133 cm³/mol. The van der Waals surface area contributed by atoms with Crippen LogP contribution in [0.1, 0.15) is 55.1 Å². The fraction of sp³-hybridized carbons (Fsp3) is 0.462. The van der Waals surface area contributed by atoms with Gasteiger partial charge < -0.3 is 24.3 Å². The summed E-state index contributed by atoms with van der Waals surface area (Å²) < 4.78 is 12.9. The number of thiophene rings is 1. The summed E-state index contributed by atoms with van der Waals surface area (Å²) in [6.45, 7) is 2.61. The van der Waals surface area contributed by atoms with E-state index in [0.29, 0.717) is 30.3 Å². The molecule has 0 spiro atoms. The number of carbonyl (C=O) groups excluding carboxylic acids is 2. The molecule has 2 aliphatic rings. The number of nitrogens with zero attached hydrogens (tertiary/aromatic N) is 2. The van der Waals surface area contributed by atoms with E-state index in [-0.39, 0.29) is 17.9 Å². The van der Waals surface area contributed by atoms with Crippen molar-refractivity contribution in [1.29, 1.82) is 0 Å². The summed E-state index contributed by atoms with van der Waals surface area (Å²) in [5.41, 5.74) is 0.486. The van der Waals surface area contributed by atoms with Gasteiger partial charge in [0.2, 0.25) is 5.91 Å². The van der Waals surface area contributed by atoms with Crippen LogP contribution in [0.2, 0.25) is 0 Å². The van der Waals surface area contributed by atoms with Gasteiger partial charge in [-0.15, -0.1) is 11.3 Å². The Morgan fingerprint density at radius 2 is 1.88 bits per heavy atom. The van der Waals surface area contributed by atoms with Crippen LogP contribution in [0.3, 0.4) is 0 Å². The summed E-state index contributed by atoms with van der Waals surface area (Å²) in [5.74, 6) is 1.01. The zero-order valence-corrected chi connectivity index (χ0v) is 20.7. The second kappa shape index (κ2) is 8.98. The third-order valence-corrected chi connectivity index (χ3v) is 8.20. The first-order chi connectivity index (χ1) is 16.4. The molecule has 1 N–H and O–H groups in total. The maximum atomic E-state index is 13.9. The van der Waals surface area contributed by atoms with Crippen LogP contribution in [0.4, 0.5) is 0 Å². The topological polar surface area (TPSA) is 72.8 Å². The molecule has 1 aromatic carbocycles. The van der Waals surface area contributed by atoms with Crippen LogP contribution in [0.5, 0.6) is 11.5 Å². The minimum Gasteiger partial charge on any atom is -0.493 e. The molecule has 2 amide bonds. The highest BCUT2D eigenvalue weighted by Gasteiger charge is 2.48. The van der Waals surface area contributed by atoms with Gasteiger partial charge in [0, 0.05) is 18.0 Å². The molecule has 0 saturated heterocycles. The Labute approximate surface area is 203 Å². The fourth-order valence-corrected chi connectivity index (χ4v) is 6.15. The molecule has 3 heterocycles. The Morgan fingerprint density at radius 1 is 1.12 bits per heavy atom. The lowest BCUT2D eigenvalue weighted by atomic mass is 9.91. The van der Waals surface area contributed by atoms with Gasteiger partial charge in [-0.25, -0.2) is 0 Å². The van der Waals surface area contributed by atoms with Gasteiger partial charge in [0.15, 0.2) is 11.5 Å². The summed E-state index contributed by atoms with van der Waals surface area (Å²) >= 11 is 1.60. The van der Waals surface area contributed by atoms with Crippen LogP contribution in [-0.4, -0.2) is 47.1 Å². The van der Waals surface area contributed by atoms with E-state index in [2.05, 4.69) is 5.32 Å². The van der Waals surface area contributed by atoms with E-state index in [0.717, 1.165) is 41.5 Å². The van der Waals surface area contributed by atoms with Crippen molar-refractivity contribution < 1.29 is 19.1 Å². The summed E-state index contributed by atoms with van der Waals surface area (Å²) in [6, 6.07) is 9.76. The molecule has 5 rings (SSSR count). The smallest absolute Gasteiger partial charge is 0.271 e. The van der Waals surface area contributed by atoms with Crippen LogP contribution in [0.15, 0.2) is 35.7 Å². The minimum absolute atomic E-state index is 0.0858. The zero-order chi connectivity index (χ0) is 23.9. The normalized spacial score (nSPS) is 20.9. The number of methoxy groups -OCH3 is 2. The molecule has 7 nitrogen and oxygen atoms in total. The summed E-state index contributed by atoms with van der Waals surface area (Å²) in [5, 5.41) is 6.35. The lowest BCUT2D eigenvalue weighted by Crippen LogP contribution is -2.64. The average Bonchev–Trinajstić information content (AvgIpc) is 3.44. The maximum absolute atomic E-state index is 13.9. The molecule has 1 aliphatic heterocycles. The number of aromatic nitrogens is 1. The fourth-order valence-electron chi connectivity index (χ4n) is 5.25. The molecule has 1 saturated carbocycles. The van der Waals surface area contributed by atoms with Crippen LogP contribution in [0, 0.1) is 0 Å². The monoisotopic (exact) mass is 481 g/mol. The number of nitrogens with one attached hydrogen (secondary N) is 1. The van der Waals surface area contributed by atoms with Crippen molar-refractivity contribution in [3.63, 3.8) is 0 Å². The highest BCUT2D eigenvalue weighted by atomic mass is 32.1. The molecule has 0 bridgehead atoms. The minimum atomic E-state index is -1.02. The lowest BCUT2D eigenvalue weighted by molar-refractivity contribution is -0.134. The molecule has 34 heavy (non-hydrogen) atoms. The van der Waals surface area contributed by atoms with Gasteiger partial charge >= 0.3 is 0 Å². The third kappa shape index (κ3) is 3.83. The van der Waals surface area contributed by atoms with E-state index in [1.165, 1.54) is 6.42 Å². The van der Waals surface area contributed by atoms with Crippen molar-refractivity contribution in [2.24, 2.45) is 0 Å². The standard InChI is InChI=1S/C26H31N3O4S/c1-26(25(31)27-19-7-5-4-6-8-19)16-28-20(14-18-11-12-34-24(18)28)23(30)29(26)15-17-9-10-21(32-2)22(13-17)33-3/h9-14,19H,4-8,15-16H2,1-3H3,(H,27,31). The molecular weight excluding hydrogens is 450 g/mol. The van der Waals surface area contributed by atoms with Crippen LogP contribution < -0.4 is 14.8 Å². The Morgan fingerprint density at radius 3 is 2.62 bits per heavy atom. The summed E-state index contributed by atoms with van der Waals surface area (Å²) in [7, 11) is 3.19. The number of rotatable bonds is 6. The first kappa shape index (κ1) is 22.8. The molecule has 1 unspecified atom stereocenters. The maximum Gasteiger partial charge on any atom is 0.271 e. The number of carbonyl (C=O) groups is 2. The van der Waals surface area contributed by atoms with Gasteiger partial charge in [-0.3, -0.25) is 9.59 Å². The summed E-state index contributed by atoms with van der Waals surface area (Å²) in [4.78, 5) is 30.4. The van der Waals surface area contributed by atoms with Gasteiger partial charge in [0.1, 0.15) is 16.1 Å². The van der Waals surface area contributed by atoms with Gasteiger partial charge in [-0.2, -0.15) is 0 Å². The van der Waals surface area contributed by atoms with Crippen LogP contribution >= 0.6 is 11.3 Å². The SMILES string of the molecule is COc1ccc(CN2C(=O)c3cc4ccsc4n3CC2(C)C(=O)NC2CCCCC2)cc1OC. The molecule has 2 aromatic heterocycles. The van der Waals surface area contributed by atoms with E-state index < -0.39 is 5.54 Å². The number of ether oxygens (including phenoxy) is 2. The van der Waals surface area contributed by atoms with Crippen molar-refractivity contribution in [2.75, 3.05) is 14.2 Å². The van der Waals surface area contributed by atoms with E-state index in [9.17, 15) is 9.59 Å². The quantitative estimate of drug-likeness (QED) is 0.559. The zero-order valence-electron chi connectivity index (χ0n) is 19.9. The lowest BCUT2D eigenvalue weighted by Gasteiger charge is -2.44. The van der Waals surface area contributed by atoms with Crippen molar-refractivity contribution in [1.82, 2.24) is 14.8 Å². The van der Waals surface area contributed by atoms with Gasteiger partial charge in [-0.1, -0.05) is 25.3 Å². The molecule has 1 atom stereocenters. The largest absolute Gasteiger partial charge is 0.493 e. The molecule has 0 radical (unpaired) electrons. The average molecular weight is 482 g/mol. The second-order valence-electron chi connectivity index (χ2n) is 9.46. The first-order valence-corrected chi connectivity index (χ1v) is 12.7. The van der Waals surface area contributed by atoms with Crippen molar-refractivity contribution in [2.45, 2.75) is 63.7 Å². The molecule has 1 aliphatic carbocycles. The van der Waals surface area contributed by atoms with Gasteiger partial charge in [0.05, 0.1) is 20.8 Å². The van der Waals surface area contributed by atoms with Crippen LogP contribution in [0.25, 0.3) is 10.2 Å². The molecule has 8 heteroatoms. The highest BCUT2D eigenvalue weighted by molar-refractivity contribution is 7.16. The number of benzene rings is 1. The Balaban J connectivity index is 1.52. The number of fused-ring (bicyclic) bond motifs is 3. The molecule has 1 fully saturated rings. The van der Waals surface area contributed by atoms with E-state index in [1.54, 1.807) is 30.5 Å². The van der Waals surface area contributed by atoms with Crippen molar-refractivity contribution in [3.05, 3.63) is 47.0 Å². The Bertz CT molecular complexity index is 1230. The molecular formula is C26H31N3O4S.